The van der Waals surface area contributed by atoms with Crippen molar-refractivity contribution in [1.82, 2.24) is 0 Å². The molecule has 0 atom stereocenters. The molecule has 0 fully saturated rings. The average Bonchev–Trinajstić information content (AvgIpc) is 2.42. The molecule has 1 nitrogen and oxygen atoms in total. The number of rotatable bonds is 4. The second-order valence-electron chi connectivity index (χ2n) is 4.17. The number of halogens is 5. The van der Waals surface area contributed by atoms with Gasteiger partial charge in [-0.3, -0.25) is 0 Å². The predicted octanol–water partition coefficient (Wildman–Crippen LogP) is 4.93. The molecule has 0 amide bonds. The molecule has 0 bridgehead atoms. The fraction of sp³-hybridized carbons (Fsp3) is 0.143. The van der Waals surface area contributed by atoms with Crippen molar-refractivity contribution < 1.29 is 17.6 Å². The maximum atomic E-state index is 13.9. The third-order valence-electron chi connectivity index (χ3n) is 2.71. The Morgan fingerprint density at radius 1 is 1.00 bits per heavy atom. The van der Waals surface area contributed by atoms with Crippen molar-refractivity contribution in [2.75, 3.05) is 11.9 Å². The molecule has 0 saturated carbocycles. The SMILES string of the molecule is Fc1cc(NCC(F)(F)c2ccccc2)c(F)cc1Br. The topological polar surface area (TPSA) is 12.0 Å². The van der Waals surface area contributed by atoms with Gasteiger partial charge in [0.1, 0.15) is 11.6 Å². The molecule has 0 aromatic heterocycles. The van der Waals surface area contributed by atoms with Crippen molar-refractivity contribution in [3.63, 3.8) is 0 Å². The largest absolute Gasteiger partial charge is 0.376 e. The summed E-state index contributed by atoms with van der Waals surface area (Å²) in [7, 11) is 0. The zero-order chi connectivity index (χ0) is 14.8. The fourth-order valence-electron chi connectivity index (χ4n) is 1.65. The van der Waals surface area contributed by atoms with Gasteiger partial charge in [0.2, 0.25) is 0 Å². The van der Waals surface area contributed by atoms with Crippen LogP contribution in [0, 0.1) is 11.6 Å². The molecular weight excluding hydrogens is 338 g/mol. The molecule has 2 aromatic rings. The van der Waals surface area contributed by atoms with Crippen molar-refractivity contribution in [3.8, 4) is 0 Å². The molecule has 0 aliphatic carbocycles. The van der Waals surface area contributed by atoms with Crippen LogP contribution in [0.1, 0.15) is 5.56 Å². The Hall–Kier alpha value is -1.56. The van der Waals surface area contributed by atoms with E-state index in [1.165, 1.54) is 24.3 Å². The first-order chi connectivity index (χ1) is 9.40. The minimum atomic E-state index is -3.18. The van der Waals surface area contributed by atoms with Gasteiger partial charge in [-0.2, -0.15) is 8.78 Å². The molecule has 106 valence electrons. The summed E-state index contributed by atoms with van der Waals surface area (Å²) in [6.45, 7) is -0.824. The third-order valence-corrected chi connectivity index (χ3v) is 3.31. The monoisotopic (exact) mass is 347 g/mol. The van der Waals surface area contributed by atoms with Gasteiger partial charge < -0.3 is 5.32 Å². The van der Waals surface area contributed by atoms with Gasteiger partial charge >= 0.3 is 0 Å². The van der Waals surface area contributed by atoms with E-state index < -0.39 is 24.1 Å². The van der Waals surface area contributed by atoms with Crippen LogP contribution in [0.5, 0.6) is 0 Å². The van der Waals surface area contributed by atoms with Crippen LogP contribution in [-0.4, -0.2) is 6.54 Å². The number of alkyl halides is 2. The van der Waals surface area contributed by atoms with Gasteiger partial charge in [0.15, 0.2) is 0 Å². The maximum absolute atomic E-state index is 13.9. The first-order valence-electron chi connectivity index (χ1n) is 5.72. The van der Waals surface area contributed by atoms with Crippen molar-refractivity contribution >= 4 is 21.6 Å². The lowest BCUT2D eigenvalue weighted by atomic mass is 10.1. The third kappa shape index (κ3) is 3.30. The highest BCUT2D eigenvalue weighted by molar-refractivity contribution is 9.10. The lowest BCUT2D eigenvalue weighted by Crippen LogP contribution is -2.25. The Bertz CT molecular complexity index is 602. The van der Waals surface area contributed by atoms with Crippen molar-refractivity contribution in [2.45, 2.75) is 5.92 Å². The number of hydrogen-bond donors (Lipinski definition) is 1. The minimum absolute atomic E-state index is 0.0598. The van der Waals surface area contributed by atoms with E-state index in [0.29, 0.717) is 0 Å². The quantitative estimate of drug-likeness (QED) is 0.610. The van der Waals surface area contributed by atoms with E-state index in [9.17, 15) is 17.6 Å². The number of anilines is 1. The molecule has 0 heterocycles. The maximum Gasteiger partial charge on any atom is 0.290 e. The van der Waals surface area contributed by atoms with Crippen LogP contribution in [0.2, 0.25) is 0 Å². The van der Waals surface area contributed by atoms with E-state index in [2.05, 4.69) is 21.2 Å². The molecule has 0 radical (unpaired) electrons. The van der Waals surface area contributed by atoms with Crippen LogP contribution >= 0.6 is 15.9 Å². The van der Waals surface area contributed by atoms with Gasteiger partial charge in [-0.05, 0) is 22.0 Å². The first-order valence-corrected chi connectivity index (χ1v) is 6.51. The van der Waals surface area contributed by atoms with E-state index in [1.807, 2.05) is 0 Å². The summed E-state index contributed by atoms with van der Waals surface area (Å²) in [5.74, 6) is -4.71. The number of hydrogen-bond acceptors (Lipinski definition) is 1. The zero-order valence-corrected chi connectivity index (χ0v) is 11.7. The molecule has 6 heteroatoms. The summed E-state index contributed by atoms with van der Waals surface area (Å²) < 4.78 is 54.4. The van der Waals surface area contributed by atoms with Crippen molar-refractivity contribution in [3.05, 3.63) is 64.1 Å². The summed E-state index contributed by atoms with van der Waals surface area (Å²) in [6, 6.07) is 8.88. The van der Waals surface area contributed by atoms with Crippen LogP contribution in [0.15, 0.2) is 46.9 Å². The molecule has 20 heavy (non-hydrogen) atoms. The molecule has 0 aliphatic rings. The number of nitrogens with one attached hydrogen (secondary N) is 1. The lowest BCUT2D eigenvalue weighted by Gasteiger charge is -2.18. The highest BCUT2D eigenvalue weighted by Gasteiger charge is 2.31. The molecule has 0 saturated heterocycles. The number of benzene rings is 2. The van der Waals surface area contributed by atoms with Gasteiger partial charge in [-0.15, -0.1) is 0 Å². The van der Waals surface area contributed by atoms with Crippen molar-refractivity contribution in [1.29, 1.82) is 0 Å². The second kappa shape index (κ2) is 5.83. The Morgan fingerprint density at radius 2 is 1.65 bits per heavy atom. The highest BCUT2D eigenvalue weighted by Crippen LogP contribution is 2.29. The standard InChI is InChI=1S/C14H10BrF4N/c15-10-6-12(17)13(7-11(10)16)20-8-14(18,19)9-4-2-1-3-5-9/h1-7,20H,8H2. The van der Waals surface area contributed by atoms with Gasteiger partial charge in [0, 0.05) is 11.6 Å². The van der Waals surface area contributed by atoms with Crippen LogP contribution in [0.3, 0.4) is 0 Å². The Kier molecular flexibility index (Phi) is 4.32. The fourth-order valence-corrected chi connectivity index (χ4v) is 1.96. The molecule has 0 unspecified atom stereocenters. The van der Waals surface area contributed by atoms with Crippen LogP contribution in [0.25, 0.3) is 0 Å². The molecule has 0 aliphatic heterocycles. The first kappa shape index (κ1) is 14.8. The minimum Gasteiger partial charge on any atom is -0.376 e. The molecule has 2 rings (SSSR count). The van der Waals surface area contributed by atoms with E-state index in [0.717, 1.165) is 12.1 Å². The van der Waals surface area contributed by atoms with Gasteiger partial charge in [0.05, 0.1) is 16.7 Å². The highest BCUT2D eigenvalue weighted by atomic mass is 79.9. The van der Waals surface area contributed by atoms with E-state index in [-0.39, 0.29) is 15.7 Å². The normalized spacial score (nSPS) is 11.4. The lowest BCUT2D eigenvalue weighted by molar-refractivity contribution is 0.0106. The molecule has 0 spiro atoms. The predicted molar refractivity (Wildman–Crippen MR) is 72.9 cm³/mol. The van der Waals surface area contributed by atoms with E-state index in [4.69, 9.17) is 0 Å². The van der Waals surface area contributed by atoms with Gasteiger partial charge in [-0.25, -0.2) is 8.78 Å². The van der Waals surface area contributed by atoms with Crippen LogP contribution in [0.4, 0.5) is 23.2 Å². The zero-order valence-electron chi connectivity index (χ0n) is 10.1. The molecule has 1 N–H and O–H groups in total. The Labute approximate surface area is 121 Å². The summed E-state index contributed by atoms with van der Waals surface area (Å²) >= 11 is 2.82. The average molecular weight is 348 g/mol. The Morgan fingerprint density at radius 3 is 2.30 bits per heavy atom. The van der Waals surface area contributed by atoms with Gasteiger partial charge in [-0.1, -0.05) is 30.3 Å². The summed E-state index contributed by atoms with van der Waals surface area (Å²) in [5.41, 5.74) is -0.494. The second-order valence-corrected chi connectivity index (χ2v) is 5.02. The summed E-state index contributed by atoms with van der Waals surface area (Å²) in [5, 5.41) is 2.23. The van der Waals surface area contributed by atoms with Gasteiger partial charge in [0.25, 0.3) is 5.92 Å². The van der Waals surface area contributed by atoms with E-state index >= 15 is 0 Å². The smallest absolute Gasteiger partial charge is 0.290 e. The summed E-state index contributed by atoms with van der Waals surface area (Å²) in [6.07, 6.45) is 0. The van der Waals surface area contributed by atoms with Crippen molar-refractivity contribution in [2.24, 2.45) is 0 Å². The molecular formula is C14H10BrF4N. The van der Waals surface area contributed by atoms with E-state index in [1.54, 1.807) is 6.07 Å². The van der Waals surface area contributed by atoms with Crippen LogP contribution in [-0.2, 0) is 5.92 Å². The van der Waals surface area contributed by atoms with Crippen LogP contribution < -0.4 is 5.32 Å². The molecule has 2 aromatic carbocycles. The Balaban J connectivity index is 2.14. The summed E-state index contributed by atoms with van der Waals surface area (Å²) in [4.78, 5) is 0.